The van der Waals surface area contributed by atoms with Crippen LogP contribution in [-0.4, -0.2) is 9.97 Å². The van der Waals surface area contributed by atoms with Gasteiger partial charge < -0.3 is 5.32 Å². The number of aromatic nitrogens is 2. The summed E-state index contributed by atoms with van der Waals surface area (Å²) in [5.74, 6) is -1.03. The predicted octanol–water partition coefficient (Wildman–Crippen LogP) is 3.10. The molecule has 0 aliphatic rings. The number of anilines is 2. The van der Waals surface area contributed by atoms with Gasteiger partial charge in [-0.25, -0.2) is 18.7 Å². The Morgan fingerprint density at radius 2 is 1.81 bits per heavy atom. The standard InChI is InChI=1S/C10H6F2IN3/c11-6-1-2-9(8(12)3-6)16-10-14-4-7(13)5-15-10/h1-5H,(H,14,15,16). The van der Waals surface area contributed by atoms with E-state index in [1.54, 1.807) is 12.4 Å². The first-order valence-corrected chi connectivity index (χ1v) is 5.42. The molecule has 0 bridgehead atoms. The Bertz CT molecular complexity index is 502. The summed E-state index contributed by atoms with van der Waals surface area (Å²) in [6.07, 6.45) is 3.19. The molecule has 0 saturated heterocycles. The van der Waals surface area contributed by atoms with Crippen molar-refractivity contribution >= 4 is 34.2 Å². The summed E-state index contributed by atoms with van der Waals surface area (Å²) in [7, 11) is 0. The van der Waals surface area contributed by atoms with Crippen LogP contribution in [0.2, 0.25) is 0 Å². The van der Waals surface area contributed by atoms with Gasteiger partial charge in [-0.1, -0.05) is 0 Å². The van der Waals surface area contributed by atoms with Crippen molar-refractivity contribution in [2.45, 2.75) is 0 Å². The minimum Gasteiger partial charge on any atom is -0.322 e. The fraction of sp³-hybridized carbons (Fsp3) is 0. The van der Waals surface area contributed by atoms with E-state index in [9.17, 15) is 8.78 Å². The van der Waals surface area contributed by atoms with Crippen molar-refractivity contribution in [3.8, 4) is 0 Å². The molecule has 0 aliphatic heterocycles. The van der Waals surface area contributed by atoms with Crippen LogP contribution < -0.4 is 5.32 Å². The van der Waals surface area contributed by atoms with Crippen molar-refractivity contribution < 1.29 is 8.78 Å². The predicted molar refractivity (Wildman–Crippen MR) is 64.4 cm³/mol. The third kappa shape index (κ3) is 2.63. The third-order valence-electron chi connectivity index (χ3n) is 1.80. The van der Waals surface area contributed by atoms with Gasteiger partial charge >= 0.3 is 0 Å². The highest BCUT2D eigenvalue weighted by molar-refractivity contribution is 14.1. The van der Waals surface area contributed by atoms with Gasteiger partial charge in [-0.2, -0.15) is 0 Å². The Labute approximate surface area is 104 Å². The third-order valence-corrected chi connectivity index (χ3v) is 2.35. The summed E-state index contributed by atoms with van der Waals surface area (Å²) in [6.45, 7) is 0. The van der Waals surface area contributed by atoms with Gasteiger partial charge in [0.25, 0.3) is 0 Å². The van der Waals surface area contributed by atoms with Gasteiger partial charge in [0, 0.05) is 22.0 Å². The highest BCUT2D eigenvalue weighted by Crippen LogP contribution is 2.18. The second-order valence-corrected chi connectivity index (χ2v) is 4.22. The number of hydrogen-bond acceptors (Lipinski definition) is 3. The number of halogens is 3. The molecular weight excluding hydrogens is 327 g/mol. The van der Waals surface area contributed by atoms with Crippen molar-refractivity contribution in [2.24, 2.45) is 0 Å². The lowest BCUT2D eigenvalue weighted by Crippen LogP contribution is -1.99. The number of nitrogens with zero attached hydrogens (tertiary/aromatic N) is 2. The van der Waals surface area contributed by atoms with Crippen molar-refractivity contribution in [3.63, 3.8) is 0 Å². The molecule has 3 nitrogen and oxygen atoms in total. The smallest absolute Gasteiger partial charge is 0.227 e. The summed E-state index contributed by atoms with van der Waals surface area (Å²) in [4.78, 5) is 7.89. The zero-order valence-electron chi connectivity index (χ0n) is 7.92. The molecule has 0 aliphatic carbocycles. The average molecular weight is 333 g/mol. The minimum atomic E-state index is -0.679. The first kappa shape index (κ1) is 11.2. The van der Waals surface area contributed by atoms with E-state index in [0.29, 0.717) is 0 Å². The van der Waals surface area contributed by atoms with Crippen LogP contribution in [0.5, 0.6) is 0 Å². The molecule has 0 atom stereocenters. The van der Waals surface area contributed by atoms with Crippen LogP contribution in [0.1, 0.15) is 0 Å². The molecule has 0 spiro atoms. The van der Waals surface area contributed by atoms with Gasteiger partial charge in [0.2, 0.25) is 5.95 Å². The molecule has 0 radical (unpaired) electrons. The maximum Gasteiger partial charge on any atom is 0.227 e. The van der Waals surface area contributed by atoms with Gasteiger partial charge in [-0.05, 0) is 34.7 Å². The van der Waals surface area contributed by atoms with E-state index in [-0.39, 0.29) is 11.6 Å². The molecule has 0 saturated carbocycles. The Balaban J connectivity index is 2.23. The van der Waals surface area contributed by atoms with E-state index in [2.05, 4.69) is 37.9 Å². The van der Waals surface area contributed by atoms with E-state index >= 15 is 0 Å². The van der Waals surface area contributed by atoms with Gasteiger partial charge in [0.15, 0.2) is 0 Å². The lowest BCUT2D eigenvalue weighted by atomic mass is 10.3. The maximum absolute atomic E-state index is 13.3. The Hall–Kier alpha value is -1.31. The average Bonchev–Trinajstić information content (AvgIpc) is 2.25. The monoisotopic (exact) mass is 333 g/mol. The molecule has 1 aromatic carbocycles. The summed E-state index contributed by atoms with van der Waals surface area (Å²) >= 11 is 2.06. The lowest BCUT2D eigenvalue weighted by molar-refractivity contribution is 0.586. The summed E-state index contributed by atoms with van der Waals surface area (Å²) in [6, 6.07) is 3.26. The molecule has 16 heavy (non-hydrogen) atoms. The summed E-state index contributed by atoms with van der Waals surface area (Å²) in [5.41, 5.74) is 0.141. The number of benzene rings is 1. The van der Waals surface area contributed by atoms with Crippen molar-refractivity contribution in [1.29, 1.82) is 0 Å². The van der Waals surface area contributed by atoms with Crippen molar-refractivity contribution in [2.75, 3.05) is 5.32 Å². The molecule has 1 N–H and O–H groups in total. The van der Waals surface area contributed by atoms with E-state index < -0.39 is 11.6 Å². The number of rotatable bonds is 2. The molecule has 82 valence electrons. The van der Waals surface area contributed by atoms with E-state index in [1.165, 1.54) is 6.07 Å². The second-order valence-electron chi connectivity index (χ2n) is 2.97. The van der Waals surface area contributed by atoms with E-state index in [4.69, 9.17) is 0 Å². The van der Waals surface area contributed by atoms with Crippen LogP contribution in [0.25, 0.3) is 0 Å². The van der Waals surface area contributed by atoms with E-state index in [0.717, 1.165) is 15.7 Å². The molecular formula is C10H6F2IN3. The zero-order chi connectivity index (χ0) is 11.5. The number of nitrogens with one attached hydrogen (secondary N) is 1. The molecule has 0 amide bonds. The molecule has 1 heterocycles. The SMILES string of the molecule is Fc1ccc(Nc2ncc(I)cn2)c(F)c1. The van der Waals surface area contributed by atoms with Crippen LogP contribution in [0.3, 0.4) is 0 Å². The largest absolute Gasteiger partial charge is 0.322 e. The molecule has 6 heteroatoms. The van der Waals surface area contributed by atoms with Gasteiger partial charge in [-0.15, -0.1) is 0 Å². The van der Waals surface area contributed by atoms with Crippen LogP contribution in [0, 0.1) is 15.2 Å². The molecule has 1 aromatic heterocycles. The molecule has 0 unspecified atom stereocenters. The summed E-state index contributed by atoms with van der Waals surface area (Å²) < 4.78 is 26.8. The van der Waals surface area contributed by atoms with Crippen LogP contribution in [0.4, 0.5) is 20.4 Å². The van der Waals surface area contributed by atoms with Crippen molar-refractivity contribution in [3.05, 3.63) is 45.8 Å². The fourth-order valence-corrected chi connectivity index (χ4v) is 1.37. The first-order chi connectivity index (χ1) is 7.65. The number of hydrogen-bond donors (Lipinski definition) is 1. The molecule has 2 aromatic rings. The van der Waals surface area contributed by atoms with Crippen molar-refractivity contribution in [1.82, 2.24) is 9.97 Å². The molecule has 0 fully saturated rings. The zero-order valence-corrected chi connectivity index (χ0v) is 10.1. The van der Waals surface area contributed by atoms with Gasteiger partial charge in [0.1, 0.15) is 11.6 Å². The highest BCUT2D eigenvalue weighted by Gasteiger charge is 2.04. The lowest BCUT2D eigenvalue weighted by Gasteiger charge is -2.05. The Morgan fingerprint density at radius 3 is 2.44 bits per heavy atom. The minimum absolute atomic E-state index is 0.141. The fourth-order valence-electron chi connectivity index (χ4n) is 1.09. The topological polar surface area (TPSA) is 37.8 Å². The highest BCUT2D eigenvalue weighted by atomic mass is 127. The van der Waals surface area contributed by atoms with Crippen LogP contribution in [-0.2, 0) is 0 Å². The van der Waals surface area contributed by atoms with E-state index in [1.807, 2.05) is 0 Å². The summed E-state index contributed by atoms with van der Waals surface area (Å²) in [5, 5.41) is 2.66. The van der Waals surface area contributed by atoms with Crippen LogP contribution >= 0.6 is 22.6 Å². The van der Waals surface area contributed by atoms with Crippen LogP contribution in [0.15, 0.2) is 30.6 Å². The quantitative estimate of drug-likeness (QED) is 0.859. The van der Waals surface area contributed by atoms with Gasteiger partial charge in [-0.3, -0.25) is 0 Å². The Morgan fingerprint density at radius 1 is 1.12 bits per heavy atom. The first-order valence-electron chi connectivity index (χ1n) is 4.35. The second kappa shape index (κ2) is 4.69. The molecule has 2 rings (SSSR count). The normalized spacial score (nSPS) is 10.2. The maximum atomic E-state index is 13.3. The Kier molecular flexibility index (Phi) is 3.28. The van der Waals surface area contributed by atoms with Gasteiger partial charge in [0.05, 0.1) is 5.69 Å².